The van der Waals surface area contributed by atoms with Crippen LogP contribution in [0.4, 0.5) is 34.1 Å². The number of nitrogens with one attached hydrogen (secondary N) is 2. The number of unbranched alkanes of at least 4 members (excludes halogenated alkanes) is 6. The van der Waals surface area contributed by atoms with Gasteiger partial charge in [0.2, 0.25) is 11.0 Å². The molecule has 12 rings (SSSR count). The molecule has 106 heavy (non-hydrogen) atoms. The van der Waals surface area contributed by atoms with E-state index in [1.807, 2.05) is 113 Å². The first kappa shape index (κ1) is 84.5. The van der Waals surface area contributed by atoms with Gasteiger partial charge >= 0.3 is 0 Å². The molecule has 0 saturated heterocycles. The molecule has 2 aliphatic carbocycles. The summed E-state index contributed by atoms with van der Waals surface area (Å²) in [6, 6.07) is 59.6. The summed E-state index contributed by atoms with van der Waals surface area (Å²) in [6.45, 7) is 10.3. The van der Waals surface area contributed by atoms with E-state index in [9.17, 15) is 19.2 Å². The van der Waals surface area contributed by atoms with Crippen LogP contribution in [0.25, 0.3) is 21.8 Å². The number of aryl methyl sites for hydroxylation is 4. The van der Waals surface area contributed by atoms with Crippen molar-refractivity contribution >= 4 is 107 Å². The van der Waals surface area contributed by atoms with Crippen LogP contribution in [-0.2, 0) is 13.1 Å². The van der Waals surface area contributed by atoms with Crippen LogP contribution in [0.3, 0.4) is 0 Å². The summed E-state index contributed by atoms with van der Waals surface area (Å²) >= 11 is 3.51. The fourth-order valence-corrected chi connectivity index (χ4v) is 13.9. The number of halogens is 4. The second-order valence-electron chi connectivity index (χ2n) is 27.7. The predicted molar refractivity (Wildman–Crippen MR) is 428 cm³/mol. The lowest BCUT2D eigenvalue weighted by Crippen LogP contribution is -3.00. The summed E-state index contributed by atoms with van der Waals surface area (Å²) < 4.78 is 5.66. The number of benzene rings is 8. The second kappa shape index (κ2) is 40.8. The maximum atomic E-state index is 13.5. The first-order valence-corrected chi connectivity index (χ1v) is 37.2. The third kappa shape index (κ3) is 21.3. The molecule has 20 heteroatoms. The van der Waals surface area contributed by atoms with Gasteiger partial charge in [0.25, 0.3) is 0 Å². The summed E-state index contributed by atoms with van der Waals surface area (Å²) in [6.07, 6.45) is 19.9. The van der Waals surface area contributed by atoms with E-state index in [1.165, 1.54) is 66.8 Å². The van der Waals surface area contributed by atoms with E-state index in [2.05, 4.69) is 157 Å². The van der Waals surface area contributed by atoms with Gasteiger partial charge in [-0.3, -0.25) is 29.2 Å². The molecule has 0 spiro atoms. The van der Waals surface area contributed by atoms with E-state index < -0.39 is 0 Å². The lowest BCUT2D eigenvalue weighted by molar-refractivity contribution is -0.890. The van der Waals surface area contributed by atoms with Crippen LogP contribution in [0, 0.1) is 13.8 Å². The molecule has 2 aromatic heterocycles. The Morgan fingerprint density at radius 1 is 0.443 bits per heavy atom. The number of hydrogen-bond acceptors (Lipinski definition) is 13. The number of alkyl halides is 1. The number of quaternary nitrogens is 1. The van der Waals surface area contributed by atoms with Gasteiger partial charge in [0.15, 0.2) is 35.5 Å². The van der Waals surface area contributed by atoms with E-state index in [0.29, 0.717) is 73.8 Å². The van der Waals surface area contributed by atoms with Crippen molar-refractivity contribution in [3.8, 4) is 0 Å². The maximum absolute atomic E-state index is 13.5. The average Bonchev–Trinajstić information content (AvgIpc) is 0.745. The average molecular weight is 1690 g/mol. The number of para-hydroxylation sites is 4. The molecule has 0 saturated carbocycles. The molecule has 2 aliphatic rings. The Morgan fingerprint density at radius 2 is 0.802 bits per heavy atom. The molecular formula is C86H100Br4N12O4. The van der Waals surface area contributed by atoms with Crippen LogP contribution in [0.5, 0.6) is 0 Å². The first-order chi connectivity index (χ1) is 49.8. The number of hydrogen-bond donors (Lipinski definition) is 4. The van der Waals surface area contributed by atoms with Crippen molar-refractivity contribution in [2.24, 2.45) is 10.2 Å². The van der Waals surface area contributed by atoms with Gasteiger partial charge in [-0.1, -0.05) is 132 Å². The van der Waals surface area contributed by atoms with Crippen molar-refractivity contribution in [3.63, 3.8) is 0 Å². The van der Waals surface area contributed by atoms with E-state index in [-0.39, 0.29) is 74.1 Å². The second-order valence-corrected chi connectivity index (χ2v) is 28.4. The molecule has 2 heterocycles. The Kier molecular flexibility index (Phi) is 32.5. The molecule has 0 amide bonds. The van der Waals surface area contributed by atoms with Gasteiger partial charge in [-0.25, -0.2) is 0 Å². The minimum absolute atomic E-state index is 0. The Bertz CT molecular complexity index is 4710. The van der Waals surface area contributed by atoms with Crippen molar-refractivity contribution in [1.82, 2.24) is 4.90 Å². The highest BCUT2D eigenvalue weighted by molar-refractivity contribution is 9.09. The molecule has 8 aromatic carbocycles. The number of aromatic nitrogens is 2. The molecule has 10 aromatic rings. The Balaban J connectivity index is 0.000000241. The standard InChI is InChI=1S/C43H49N6O2.C23H27BrN3.C20H23N3O2.3BrH/c1-31-29-37(39-40(41(31)44)43(51)36-21-11-10-20-35(36)42(39)50)45-24-16-28-49(3,4)27-15-6-5-14-25-48-26-23-32(34-19-12-13-22-38(34)48)30-46-47(2)33-17-8-7-9-18-33;1-26(21-11-5-4-6-12-21)25-19-20-15-18-27(17-10-3-2-9-16-24)23-14-8-7-13-22(20)23;1-12-11-15(22-9-6-10-23(2)3)16-17(18(12)21)20(25)14-8-5-4-7-13(14)19(16)24;;;/h7-13,17-23,26,29-30,44,46H,5-6,14-16,24-25,27-28H2,1-4H3;4-8,11-15,18-19H,2-3,9-10,16-17H2,1H3;4-5,7-8,11,22H,6,9-10,21H2,1-3H3;3*1H/q2*+1;;;;/p-2. The van der Waals surface area contributed by atoms with Crippen molar-refractivity contribution in [1.29, 1.82) is 0 Å². The molecule has 0 fully saturated rings. The van der Waals surface area contributed by atoms with Crippen LogP contribution in [0.15, 0.2) is 205 Å². The number of hydrazone groups is 2. The third-order valence-electron chi connectivity index (χ3n) is 19.4. The number of nitrogens with zero attached hydrogens (tertiary/aromatic N) is 8. The van der Waals surface area contributed by atoms with Gasteiger partial charge in [-0.2, -0.15) is 19.3 Å². The van der Waals surface area contributed by atoms with Crippen molar-refractivity contribution < 1.29 is 83.7 Å². The summed E-state index contributed by atoms with van der Waals surface area (Å²) in [5.41, 5.74) is 26.4. The van der Waals surface area contributed by atoms with Gasteiger partial charge < -0.3 is 82.4 Å². The predicted octanol–water partition coefficient (Wildman–Crippen LogP) is 6.68. The number of pyridine rings is 2. The Morgan fingerprint density at radius 3 is 1.22 bits per heavy atom. The van der Waals surface area contributed by atoms with E-state index in [0.717, 1.165) is 102 Å². The molecule has 16 nitrogen and oxygen atoms in total. The molecule has 0 aliphatic heterocycles. The van der Waals surface area contributed by atoms with Crippen LogP contribution in [-0.4, -0.2) is 125 Å². The monoisotopic (exact) mass is 1680 g/mol. The van der Waals surface area contributed by atoms with Crippen molar-refractivity contribution in [2.45, 2.75) is 91.1 Å². The van der Waals surface area contributed by atoms with Crippen molar-refractivity contribution in [2.75, 3.05) is 112 Å². The van der Waals surface area contributed by atoms with E-state index in [1.54, 1.807) is 48.5 Å². The molecular weight excluding hydrogens is 1580 g/mol. The minimum Gasteiger partial charge on any atom is -1.00 e. The zero-order valence-corrected chi connectivity index (χ0v) is 68.6. The normalized spacial score (nSPS) is 12.1. The number of rotatable bonds is 29. The van der Waals surface area contributed by atoms with Crippen LogP contribution in [0.2, 0.25) is 0 Å². The number of carbonyl (C=O) groups is 4. The van der Waals surface area contributed by atoms with Crippen LogP contribution < -0.4 is 92.2 Å². The van der Waals surface area contributed by atoms with Crippen LogP contribution in [0.1, 0.15) is 150 Å². The fourth-order valence-electron chi connectivity index (χ4n) is 13.5. The highest BCUT2D eigenvalue weighted by Crippen LogP contribution is 2.39. The summed E-state index contributed by atoms with van der Waals surface area (Å²) in [5, 5.41) is 23.5. The molecule has 0 radical (unpaired) electrons. The topological polar surface area (TPSA) is 187 Å². The number of ketones is 4. The lowest BCUT2D eigenvalue weighted by Gasteiger charge is -2.30. The molecule has 556 valence electrons. The van der Waals surface area contributed by atoms with Gasteiger partial charge in [0, 0.05) is 132 Å². The molecule has 0 unspecified atom stereocenters. The number of nitrogens with two attached hydrogens (primary N) is 2. The Hall–Kier alpha value is -8.76. The molecule has 0 bridgehead atoms. The summed E-state index contributed by atoms with van der Waals surface area (Å²) in [7, 11) is 12.6. The largest absolute Gasteiger partial charge is 1.00 e. The van der Waals surface area contributed by atoms with Crippen LogP contribution >= 0.6 is 15.9 Å². The van der Waals surface area contributed by atoms with E-state index in [4.69, 9.17) is 16.6 Å². The zero-order valence-electron chi connectivity index (χ0n) is 62.2. The van der Waals surface area contributed by atoms with Gasteiger partial charge in [0.05, 0.1) is 84.0 Å². The number of carbonyl (C=O) groups excluding carboxylic acids is 4. The smallest absolute Gasteiger partial charge is 0.213 e. The quantitative estimate of drug-likeness (QED) is 0.00746. The number of nitrogen functional groups attached to an aromatic ring is 2. The minimum atomic E-state index is -0.180. The fraction of sp³-hybridized carbons (Fsp3) is 0.302. The number of anilines is 6. The van der Waals surface area contributed by atoms with Crippen molar-refractivity contribution in [3.05, 3.63) is 261 Å². The number of fused-ring (bicyclic) bond motifs is 6. The lowest BCUT2D eigenvalue weighted by atomic mass is 9.81. The third-order valence-corrected chi connectivity index (χ3v) is 19.9. The zero-order chi connectivity index (χ0) is 73.0. The summed E-state index contributed by atoms with van der Waals surface area (Å²) in [4.78, 5) is 54.9. The SMILES string of the molecule is CN(/N=C/c1cc[n+](CCCCCCBr)c2ccccc12)c1ccccc1.Cc1cc(NCCCN(C)C)c2c(c1N)C(=O)c1ccccc1C2=O.Cc1cc(NCCC[N+](C)(C)CCCCCC[n+]2ccc(/C=N/N(C)c3ccccc3)c3ccccc32)c2c(c1N)C(=O)c1ccccc1C2=O.[Br-].[Br-].[Br-]. The van der Waals surface area contributed by atoms with Gasteiger partial charge in [0.1, 0.15) is 13.1 Å². The highest BCUT2D eigenvalue weighted by Gasteiger charge is 2.36. The highest BCUT2D eigenvalue weighted by atomic mass is 79.9. The van der Waals surface area contributed by atoms with Gasteiger partial charge in [-0.15, -0.1) is 0 Å². The summed E-state index contributed by atoms with van der Waals surface area (Å²) in [5.74, 6) is -0.652. The van der Waals surface area contributed by atoms with Gasteiger partial charge in [-0.05, 0) is 133 Å². The maximum Gasteiger partial charge on any atom is 0.213 e. The molecule has 6 N–H and O–H groups in total. The van der Waals surface area contributed by atoms with E-state index >= 15 is 0 Å². The Labute approximate surface area is 666 Å². The molecule has 0 atom stereocenters. The first-order valence-electron chi connectivity index (χ1n) is 36.1.